The fourth-order valence-corrected chi connectivity index (χ4v) is 3.29. The van der Waals surface area contributed by atoms with Crippen molar-refractivity contribution < 1.29 is 4.79 Å². The van der Waals surface area contributed by atoms with Gasteiger partial charge in [0.25, 0.3) is 0 Å². The summed E-state index contributed by atoms with van der Waals surface area (Å²) in [5.41, 5.74) is 2.69. The Kier molecular flexibility index (Phi) is 5.59. The lowest BCUT2D eigenvalue weighted by Gasteiger charge is -2.06. The van der Waals surface area contributed by atoms with E-state index in [1.165, 1.54) is 11.8 Å². The predicted octanol–water partition coefficient (Wildman–Crippen LogP) is 4.75. The maximum atomic E-state index is 12.3. The van der Waals surface area contributed by atoms with Gasteiger partial charge in [0.05, 0.1) is 17.0 Å². The van der Waals surface area contributed by atoms with Gasteiger partial charge in [-0.25, -0.2) is 4.98 Å². The smallest absolute Gasteiger partial charge is 0.173 e. The Bertz CT molecular complexity index is 937. The molecule has 0 atom stereocenters. The van der Waals surface area contributed by atoms with Crippen molar-refractivity contribution in [1.82, 2.24) is 9.97 Å². The maximum absolute atomic E-state index is 12.3. The molecule has 2 heterocycles. The molecular formula is C19H12BrN3OS. The number of hydrogen-bond donors (Lipinski definition) is 0. The van der Waals surface area contributed by atoms with E-state index >= 15 is 0 Å². The lowest BCUT2D eigenvalue weighted by atomic mass is 10.1. The zero-order valence-corrected chi connectivity index (χ0v) is 15.4. The highest BCUT2D eigenvalue weighted by Gasteiger charge is 2.12. The molecule has 1 aromatic carbocycles. The van der Waals surface area contributed by atoms with E-state index in [9.17, 15) is 10.1 Å². The number of rotatable bonds is 5. The number of hydrogen-bond acceptors (Lipinski definition) is 5. The van der Waals surface area contributed by atoms with Gasteiger partial charge in [-0.3, -0.25) is 9.78 Å². The molecule has 2 aromatic heterocycles. The number of nitrogens with zero attached hydrogens (tertiary/aromatic N) is 3. The molecule has 0 aliphatic carbocycles. The first kappa shape index (κ1) is 17.3. The molecule has 0 fully saturated rings. The van der Waals surface area contributed by atoms with Crippen molar-refractivity contribution in [1.29, 1.82) is 5.26 Å². The van der Waals surface area contributed by atoms with Crippen molar-refractivity contribution in [3.63, 3.8) is 0 Å². The Balaban J connectivity index is 1.80. The van der Waals surface area contributed by atoms with E-state index in [0.29, 0.717) is 16.2 Å². The quantitative estimate of drug-likeness (QED) is 0.449. The second-order valence-corrected chi connectivity index (χ2v) is 7.00. The molecule has 0 saturated heterocycles. The van der Waals surface area contributed by atoms with Crippen LogP contribution in [0.1, 0.15) is 15.9 Å². The fourth-order valence-electron chi connectivity index (χ4n) is 2.16. The minimum atomic E-state index is -0.00466. The molecule has 0 N–H and O–H groups in total. The average molecular weight is 410 g/mol. The van der Waals surface area contributed by atoms with Gasteiger partial charge in [-0.15, -0.1) is 0 Å². The summed E-state index contributed by atoms with van der Waals surface area (Å²) < 4.78 is 0.925. The number of halogens is 1. The molecule has 0 saturated carbocycles. The van der Waals surface area contributed by atoms with Crippen molar-refractivity contribution in [2.24, 2.45) is 0 Å². The summed E-state index contributed by atoms with van der Waals surface area (Å²) in [6.07, 6.45) is 3.41. The SMILES string of the molecule is N#Cc1ccc(-c2cccnc2)nc1SCC(=O)c1ccc(Br)cc1. The van der Waals surface area contributed by atoms with Gasteiger partial charge in [0.1, 0.15) is 11.1 Å². The molecule has 0 unspecified atom stereocenters. The highest BCUT2D eigenvalue weighted by Crippen LogP contribution is 2.25. The summed E-state index contributed by atoms with van der Waals surface area (Å²) in [6.45, 7) is 0. The van der Waals surface area contributed by atoms with E-state index in [2.05, 4.69) is 32.0 Å². The van der Waals surface area contributed by atoms with Gasteiger partial charge >= 0.3 is 0 Å². The van der Waals surface area contributed by atoms with Gasteiger partial charge in [-0.05, 0) is 36.4 Å². The number of carbonyl (C=O) groups is 1. The van der Waals surface area contributed by atoms with E-state index in [0.717, 1.165) is 15.7 Å². The molecule has 0 aliphatic rings. The molecule has 6 heteroatoms. The van der Waals surface area contributed by atoms with E-state index in [1.807, 2.05) is 24.3 Å². The molecule has 122 valence electrons. The largest absolute Gasteiger partial charge is 0.293 e. The molecule has 0 radical (unpaired) electrons. The van der Waals surface area contributed by atoms with Gasteiger partial charge < -0.3 is 0 Å². The minimum absolute atomic E-state index is 0.00466. The summed E-state index contributed by atoms with van der Waals surface area (Å²) in [4.78, 5) is 20.9. The molecule has 3 aromatic rings. The Hall–Kier alpha value is -2.49. The molecule has 0 spiro atoms. The lowest BCUT2D eigenvalue weighted by molar-refractivity contribution is 0.102. The van der Waals surface area contributed by atoms with Crippen LogP contribution in [0.25, 0.3) is 11.3 Å². The van der Waals surface area contributed by atoms with E-state index in [1.54, 1.807) is 36.7 Å². The summed E-state index contributed by atoms with van der Waals surface area (Å²) in [7, 11) is 0. The number of benzene rings is 1. The van der Waals surface area contributed by atoms with Crippen LogP contribution in [0.5, 0.6) is 0 Å². The number of Topliss-reactive ketones (excluding diaryl/α,β-unsaturated/α-hetero) is 1. The van der Waals surface area contributed by atoms with Crippen molar-refractivity contribution in [2.45, 2.75) is 5.03 Å². The summed E-state index contributed by atoms with van der Waals surface area (Å²) >= 11 is 4.62. The topological polar surface area (TPSA) is 66.6 Å². The Morgan fingerprint density at radius 1 is 1.16 bits per heavy atom. The first-order valence-corrected chi connectivity index (χ1v) is 9.18. The maximum Gasteiger partial charge on any atom is 0.173 e. The number of ketones is 1. The fraction of sp³-hybridized carbons (Fsp3) is 0.0526. The third-order valence-electron chi connectivity index (χ3n) is 3.44. The summed E-state index contributed by atoms with van der Waals surface area (Å²) in [5, 5.41) is 9.84. The van der Waals surface area contributed by atoms with Crippen LogP contribution >= 0.6 is 27.7 Å². The lowest BCUT2D eigenvalue weighted by Crippen LogP contribution is -2.03. The van der Waals surface area contributed by atoms with Crippen LogP contribution < -0.4 is 0 Å². The van der Waals surface area contributed by atoms with E-state index in [4.69, 9.17) is 0 Å². The molecule has 4 nitrogen and oxygen atoms in total. The van der Waals surface area contributed by atoms with Crippen LogP contribution in [0.15, 0.2) is 70.4 Å². The molecule has 0 amide bonds. The summed E-state index contributed by atoms with van der Waals surface area (Å²) in [6, 6.07) is 16.6. The third-order valence-corrected chi connectivity index (χ3v) is 4.96. The third kappa shape index (κ3) is 4.32. The van der Waals surface area contributed by atoms with Crippen LogP contribution in [-0.2, 0) is 0 Å². The van der Waals surface area contributed by atoms with E-state index < -0.39 is 0 Å². The standard InChI is InChI=1S/C19H12BrN3OS/c20-16-6-3-13(4-7-16)18(24)12-25-19-14(10-21)5-8-17(23-19)15-2-1-9-22-11-15/h1-9,11H,12H2. The predicted molar refractivity (Wildman–Crippen MR) is 101 cm³/mol. The molecule has 25 heavy (non-hydrogen) atoms. The van der Waals surface area contributed by atoms with Gasteiger partial charge in [-0.2, -0.15) is 5.26 Å². The van der Waals surface area contributed by atoms with E-state index in [-0.39, 0.29) is 11.5 Å². The Labute approximate surface area is 158 Å². The first-order valence-electron chi connectivity index (χ1n) is 7.40. The van der Waals surface area contributed by atoms with Crippen molar-refractivity contribution in [3.05, 3.63) is 76.5 Å². The van der Waals surface area contributed by atoms with Gasteiger partial charge in [0.2, 0.25) is 0 Å². The van der Waals surface area contributed by atoms with Crippen molar-refractivity contribution in [3.8, 4) is 17.3 Å². The monoisotopic (exact) mass is 409 g/mol. The van der Waals surface area contributed by atoms with Crippen LogP contribution in [-0.4, -0.2) is 21.5 Å². The number of pyridine rings is 2. The molecular weight excluding hydrogens is 398 g/mol. The Morgan fingerprint density at radius 3 is 2.64 bits per heavy atom. The minimum Gasteiger partial charge on any atom is -0.293 e. The van der Waals surface area contributed by atoms with Gasteiger partial charge in [0.15, 0.2) is 5.78 Å². The van der Waals surface area contributed by atoms with Crippen molar-refractivity contribution >= 4 is 33.5 Å². The molecule has 0 aliphatic heterocycles. The van der Waals surface area contributed by atoms with Crippen molar-refractivity contribution in [2.75, 3.05) is 5.75 Å². The highest BCUT2D eigenvalue weighted by atomic mass is 79.9. The Morgan fingerprint density at radius 2 is 1.96 bits per heavy atom. The first-order chi connectivity index (χ1) is 12.2. The second kappa shape index (κ2) is 8.06. The van der Waals surface area contributed by atoms with Gasteiger partial charge in [-0.1, -0.05) is 39.8 Å². The van der Waals surface area contributed by atoms with Crippen LogP contribution in [0.4, 0.5) is 0 Å². The van der Waals surface area contributed by atoms with Gasteiger partial charge in [0, 0.05) is 28.0 Å². The number of nitriles is 1. The zero-order valence-electron chi connectivity index (χ0n) is 13.0. The normalized spacial score (nSPS) is 10.2. The molecule has 0 bridgehead atoms. The van der Waals surface area contributed by atoms with Crippen LogP contribution in [0, 0.1) is 11.3 Å². The van der Waals surface area contributed by atoms with Crippen LogP contribution in [0.2, 0.25) is 0 Å². The number of thioether (sulfide) groups is 1. The van der Waals surface area contributed by atoms with Crippen LogP contribution in [0.3, 0.4) is 0 Å². The second-order valence-electron chi connectivity index (χ2n) is 5.12. The average Bonchev–Trinajstić information content (AvgIpc) is 2.67. The highest BCUT2D eigenvalue weighted by molar-refractivity contribution is 9.10. The molecule has 3 rings (SSSR count). The number of aromatic nitrogens is 2. The zero-order chi connectivity index (χ0) is 17.6. The summed E-state index contributed by atoms with van der Waals surface area (Å²) in [5.74, 6) is 0.217. The number of carbonyl (C=O) groups excluding carboxylic acids is 1.